The van der Waals surface area contributed by atoms with E-state index in [9.17, 15) is 0 Å². The van der Waals surface area contributed by atoms with Crippen LogP contribution in [0.2, 0.25) is 0 Å². The van der Waals surface area contributed by atoms with Crippen molar-refractivity contribution in [2.75, 3.05) is 0 Å². The monoisotopic (exact) mass is 810 g/mol. The molecule has 64 heavy (non-hydrogen) atoms. The minimum absolute atomic E-state index is 1.16. The summed E-state index contributed by atoms with van der Waals surface area (Å²) in [5.74, 6) is 0. The van der Waals surface area contributed by atoms with Gasteiger partial charge in [-0.2, -0.15) is 0 Å². The number of benzene rings is 11. The van der Waals surface area contributed by atoms with Crippen LogP contribution in [0.25, 0.3) is 132 Å². The van der Waals surface area contributed by atoms with Crippen LogP contribution in [-0.4, -0.2) is 9.13 Å². The van der Waals surface area contributed by atoms with Crippen molar-refractivity contribution >= 4 is 65.2 Å². The summed E-state index contributed by atoms with van der Waals surface area (Å²) in [5, 5.41) is 10.2. The SMILES string of the molecule is c1ccc(-n2c3ccc(-c4ccc5c(c4)c4ccccc4n5-c4ccccc4-c4cccc(-c5ccc6c(c5)-c5cccc7cccc-6c57)c4)cc3c3ccc4ccccc4c32)cc1. The lowest BCUT2D eigenvalue weighted by Gasteiger charge is -2.15. The minimum Gasteiger partial charge on any atom is -0.309 e. The van der Waals surface area contributed by atoms with Crippen LogP contribution in [0.4, 0.5) is 0 Å². The molecule has 0 unspecified atom stereocenters. The van der Waals surface area contributed by atoms with Crippen molar-refractivity contribution < 1.29 is 0 Å². The van der Waals surface area contributed by atoms with Gasteiger partial charge in [-0.05, 0) is 127 Å². The maximum absolute atomic E-state index is 2.46. The molecule has 0 amide bonds. The lowest BCUT2D eigenvalue weighted by molar-refractivity contribution is 1.18. The van der Waals surface area contributed by atoms with Gasteiger partial charge in [0.25, 0.3) is 0 Å². The van der Waals surface area contributed by atoms with Crippen LogP contribution in [0.3, 0.4) is 0 Å². The second kappa shape index (κ2) is 13.5. The van der Waals surface area contributed by atoms with E-state index in [1.807, 2.05) is 0 Å². The van der Waals surface area contributed by atoms with Gasteiger partial charge in [0.1, 0.15) is 0 Å². The first-order valence-corrected chi connectivity index (χ1v) is 22.2. The number of hydrogen-bond donors (Lipinski definition) is 0. The average molecular weight is 811 g/mol. The first kappa shape index (κ1) is 35.2. The van der Waals surface area contributed by atoms with Gasteiger partial charge in [-0.3, -0.25) is 0 Å². The highest BCUT2D eigenvalue weighted by Gasteiger charge is 2.23. The molecule has 14 rings (SSSR count). The second-order valence-corrected chi connectivity index (χ2v) is 17.2. The standard InChI is InChI=1S/C62H38N2/c1-2-18-46(19-3-1)63-59-33-29-44(38-56(59)53-32-27-39-13-4-5-21-48(39)62(53)63)43-30-34-60-55(37-43)50-22-7-9-26-58(50)64(60)57-25-8-6-20-47(57)45-17-10-16-41(35-45)42-28-31-49-51-23-11-14-40-15-12-24-52(61(40)51)54(49)36-42/h1-38H. The van der Waals surface area contributed by atoms with Gasteiger partial charge in [0.05, 0.1) is 27.8 Å². The summed E-state index contributed by atoms with van der Waals surface area (Å²) < 4.78 is 4.90. The first-order chi connectivity index (χ1) is 31.7. The molecule has 2 nitrogen and oxygen atoms in total. The van der Waals surface area contributed by atoms with Crippen molar-refractivity contribution in [2.45, 2.75) is 0 Å². The summed E-state index contributed by atoms with van der Waals surface area (Å²) in [6, 6.07) is 85.3. The summed E-state index contributed by atoms with van der Waals surface area (Å²) >= 11 is 0. The summed E-state index contributed by atoms with van der Waals surface area (Å²) in [6.07, 6.45) is 0. The highest BCUT2D eigenvalue weighted by atomic mass is 15.0. The summed E-state index contributed by atoms with van der Waals surface area (Å²) in [4.78, 5) is 0. The van der Waals surface area contributed by atoms with Crippen molar-refractivity contribution in [3.63, 3.8) is 0 Å². The Kier molecular flexibility index (Phi) is 7.43. The van der Waals surface area contributed by atoms with Gasteiger partial charge < -0.3 is 9.13 Å². The Bertz CT molecular complexity index is 4060. The summed E-state index contributed by atoms with van der Waals surface area (Å²) in [6.45, 7) is 0. The molecule has 11 aromatic carbocycles. The number of hydrogen-bond acceptors (Lipinski definition) is 0. The topological polar surface area (TPSA) is 9.86 Å². The van der Waals surface area contributed by atoms with E-state index < -0.39 is 0 Å². The van der Waals surface area contributed by atoms with Crippen LogP contribution in [0, 0.1) is 0 Å². The Morgan fingerprint density at radius 3 is 1.67 bits per heavy atom. The van der Waals surface area contributed by atoms with Gasteiger partial charge in [0, 0.05) is 38.2 Å². The van der Waals surface area contributed by atoms with E-state index in [0.29, 0.717) is 0 Å². The molecule has 2 heterocycles. The third-order valence-corrected chi connectivity index (χ3v) is 13.8. The van der Waals surface area contributed by atoms with Gasteiger partial charge in [0.2, 0.25) is 0 Å². The molecule has 0 atom stereocenters. The van der Waals surface area contributed by atoms with E-state index in [4.69, 9.17) is 0 Å². The van der Waals surface area contributed by atoms with Gasteiger partial charge in [-0.25, -0.2) is 0 Å². The Morgan fingerprint density at radius 2 is 0.828 bits per heavy atom. The predicted octanol–water partition coefficient (Wildman–Crippen LogP) is 16.8. The maximum atomic E-state index is 2.46. The molecule has 2 aromatic heterocycles. The maximum Gasteiger partial charge on any atom is 0.0619 e. The van der Waals surface area contributed by atoms with E-state index in [2.05, 4.69) is 240 Å². The second-order valence-electron chi connectivity index (χ2n) is 17.2. The fourth-order valence-corrected chi connectivity index (χ4v) is 11.0. The van der Waals surface area contributed by atoms with E-state index in [0.717, 1.165) is 5.69 Å². The smallest absolute Gasteiger partial charge is 0.0619 e. The largest absolute Gasteiger partial charge is 0.309 e. The number of fused-ring (bicyclic) bond motifs is 11. The Morgan fingerprint density at radius 1 is 0.250 bits per heavy atom. The highest BCUT2D eigenvalue weighted by molar-refractivity contribution is 6.20. The van der Waals surface area contributed by atoms with E-state index in [1.54, 1.807) is 0 Å². The summed E-state index contributed by atoms with van der Waals surface area (Å²) in [7, 11) is 0. The zero-order valence-corrected chi connectivity index (χ0v) is 34.8. The first-order valence-electron chi connectivity index (χ1n) is 22.2. The van der Waals surface area contributed by atoms with Crippen molar-refractivity contribution in [3.05, 3.63) is 231 Å². The molecular weight excluding hydrogens is 773 g/mol. The number of rotatable bonds is 5. The number of aromatic nitrogens is 2. The van der Waals surface area contributed by atoms with E-state index in [-0.39, 0.29) is 0 Å². The third-order valence-electron chi connectivity index (χ3n) is 13.8. The molecule has 0 bridgehead atoms. The zero-order valence-electron chi connectivity index (χ0n) is 34.8. The van der Waals surface area contributed by atoms with Gasteiger partial charge in [-0.1, -0.05) is 170 Å². The molecule has 0 N–H and O–H groups in total. The quantitative estimate of drug-likeness (QED) is 0.164. The molecule has 296 valence electrons. The molecule has 1 aliphatic carbocycles. The van der Waals surface area contributed by atoms with Crippen molar-refractivity contribution in [1.82, 2.24) is 9.13 Å². The van der Waals surface area contributed by atoms with Crippen molar-refractivity contribution in [1.29, 1.82) is 0 Å². The molecule has 0 fully saturated rings. The highest BCUT2D eigenvalue weighted by Crippen LogP contribution is 2.49. The van der Waals surface area contributed by atoms with Crippen LogP contribution in [-0.2, 0) is 0 Å². The van der Waals surface area contributed by atoms with Crippen molar-refractivity contribution in [2.24, 2.45) is 0 Å². The molecule has 0 radical (unpaired) electrons. The predicted molar refractivity (Wildman–Crippen MR) is 271 cm³/mol. The zero-order chi connectivity index (χ0) is 41.9. The molecule has 0 aliphatic heterocycles. The van der Waals surface area contributed by atoms with Crippen molar-refractivity contribution in [3.8, 4) is 67.0 Å². The fourth-order valence-electron chi connectivity index (χ4n) is 11.0. The summed E-state index contributed by atoms with van der Waals surface area (Å²) in [5.41, 5.74) is 19.7. The lowest BCUT2D eigenvalue weighted by Crippen LogP contribution is -1.97. The molecule has 0 spiro atoms. The Hall–Kier alpha value is -8.46. The minimum atomic E-state index is 1.16. The van der Waals surface area contributed by atoms with Gasteiger partial charge in [-0.15, -0.1) is 0 Å². The molecule has 1 aliphatic rings. The normalized spacial score (nSPS) is 12.1. The van der Waals surface area contributed by atoms with Crippen LogP contribution < -0.4 is 0 Å². The van der Waals surface area contributed by atoms with Gasteiger partial charge in [0.15, 0.2) is 0 Å². The van der Waals surface area contributed by atoms with E-state index >= 15 is 0 Å². The molecular formula is C62H38N2. The Balaban J connectivity index is 0.897. The van der Waals surface area contributed by atoms with Crippen LogP contribution in [0.1, 0.15) is 0 Å². The molecule has 0 saturated heterocycles. The van der Waals surface area contributed by atoms with Crippen LogP contribution >= 0.6 is 0 Å². The van der Waals surface area contributed by atoms with E-state index in [1.165, 1.54) is 126 Å². The van der Waals surface area contributed by atoms with Crippen LogP contribution in [0.5, 0.6) is 0 Å². The number of nitrogens with zero attached hydrogens (tertiary/aromatic N) is 2. The Labute approximate surface area is 370 Å². The van der Waals surface area contributed by atoms with Crippen LogP contribution in [0.15, 0.2) is 231 Å². The average Bonchev–Trinajstić information content (AvgIpc) is 4.00. The fraction of sp³-hybridized carbons (Fsp3) is 0. The number of para-hydroxylation sites is 3. The van der Waals surface area contributed by atoms with Gasteiger partial charge >= 0.3 is 0 Å². The molecule has 0 saturated carbocycles. The molecule has 13 aromatic rings. The molecule has 2 heteroatoms. The third kappa shape index (κ3) is 5.08. The lowest BCUT2D eigenvalue weighted by atomic mass is 9.94.